The van der Waals surface area contributed by atoms with Gasteiger partial charge in [0.25, 0.3) is 0 Å². The first-order valence-electron chi connectivity index (χ1n) is 8.08. The van der Waals surface area contributed by atoms with Gasteiger partial charge in [-0.25, -0.2) is 14.6 Å². The van der Waals surface area contributed by atoms with Crippen LogP contribution in [0.25, 0.3) is 16.7 Å². The van der Waals surface area contributed by atoms with Crippen molar-refractivity contribution in [3.05, 3.63) is 42.9 Å². The first-order valence-corrected chi connectivity index (χ1v) is 8.96. The van der Waals surface area contributed by atoms with Crippen LogP contribution in [0.1, 0.15) is 27.7 Å². The third kappa shape index (κ3) is 3.99. The summed E-state index contributed by atoms with van der Waals surface area (Å²) in [5.41, 5.74) is 1.41. The largest absolute Gasteiger partial charge is 0.351 e. The molecule has 130 valence electrons. The van der Waals surface area contributed by atoms with Crippen LogP contribution in [-0.2, 0) is 4.79 Å². The molecule has 25 heavy (non-hydrogen) atoms. The smallest absolute Gasteiger partial charge is 0.233 e. The number of thioether (sulfide) groups is 1. The van der Waals surface area contributed by atoms with Crippen molar-refractivity contribution < 1.29 is 4.79 Å². The SMILES string of the molecule is C[C@@H](Sc1ncnc2c1cnn2-c1ccccc1)C(=O)NC(C)(C)C. The third-order valence-electron chi connectivity index (χ3n) is 3.49. The molecule has 1 N–H and O–H groups in total. The Morgan fingerprint density at radius 2 is 1.92 bits per heavy atom. The van der Waals surface area contributed by atoms with Crippen LogP contribution in [-0.4, -0.2) is 36.4 Å². The molecule has 6 nitrogen and oxygen atoms in total. The highest BCUT2D eigenvalue weighted by Gasteiger charge is 2.22. The van der Waals surface area contributed by atoms with Gasteiger partial charge in [0, 0.05) is 5.54 Å². The number of aromatic nitrogens is 4. The molecule has 0 aliphatic carbocycles. The number of nitrogens with one attached hydrogen (secondary N) is 1. The molecule has 0 aliphatic heterocycles. The van der Waals surface area contributed by atoms with E-state index in [4.69, 9.17) is 0 Å². The molecule has 0 spiro atoms. The van der Waals surface area contributed by atoms with E-state index in [9.17, 15) is 4.79 Å². The molecule has 1 amide bonds. The molecular formula is C18H21N5OS. The number of fused-ring (bicyclic) bond motifs is 1. The highest BCUT2D eigenvalue weighted by Crippen LogP contribution is 2.29. The molecule has 0 saturated carbocycles. The lowest BCUT2D eigenvalue weighted by atomic mass is 10.1. The van der Waals surface area contributed by atoms with Crippen molar-refractivity contribution in [2.75, 3.05) is 0 Å². The number of benzene rings is 1. The first-order chi connectivity index (χ1) is 11.8. The van der Waals surface area contributed by atoms with E-state index in [-0.39, 0.29) is 16.7 Å². The average molecular weight is 355 g/mol. The van der Waals surface area contributed by atoms with Gasteiger partial charge < -0.3 is 5.32 Å². The van der Waals surface area contributed by atoms with Gasteiger partial charge in [-0.3, -0.25) is 4.79 Å². The Morgan fingerprint density at radius 3 is 2.60 bits per heavy atom. The molecule has 0 fully saturated rings. The van der Waals surface area contributed by atoms with Gasteiger partial charge >= 0.3 is 0 Å². The fraction of sp³-hybridized carbons (Fsp3) is 0.333. The van der Waals surface area contributed by atoms with Crippen molar-refractivity contribution in [1.82, 2.24) is 25.1 Å². The van der Waals surface area contributed by atoms with Crippen molar-refractivity contribution in [1.29, 1.82) is 0 Å². The molecule has 3 aromatic rings. The van der Waals surface area contributed by atoms with Gasteiger partial charge in [0.05, 0.1) is 22.5 Å². The minimum Gasteiger partial charge on any atom is -0.351 e. The molecule has 1 atom stereocenters. The molecule has 1 aromatic carbocycles. The average Bonchev–Trinajstić information content (AvgIpc) is 2.99. The minimum atomic E-state index is -0.266. The van der Waals surface area contributed by atoms with Gasteiger partial charge in [-0.2, -0.15) is 5.10 Å². The van der Waals surface area contributed by atoms with Crippen LogP contribution in [0.2, 0.25) is 0 Å². The Hall–Kier alpha value is -2.41. The molecule has 0 unspecified atom stereocenters. The number of para-hydroxylation sites is 1. The van der Waals surface area contributed by atoms with Gasteiger partial charge in [0.2, 0.25) is 5.91 Å². The highest BCUT2D eigenvalue weighted by molar-refractivity contribution is 8.00. The number of rotatable bonds is 4. The number of amides is 1. The summed E-state index contributed by atoms with van der Waals surface area (Å²) >= 11 is 1.41. The van der Waals surface area contributed by atoms with Gasteiger partial charge in [0.1, 0.15) is 11.4 Å². The maximum Gasteiger partial charge on any atom is 0.233 e. The second kappa shape index (κ2) is 6.84. The fourth-order valence-corrected chi connectivity index (χ4v) is 3.25. The lowest BCUT2D eigenvalue weighted by Gasteiger charge is -2.22. The first kappa shape index (κ1) is 17.4. The zero-order valence-corrected chi connectivity index (χ0v) is 15.5. The lowest BCUT2D eigenvalue weighted by Crippen LogP contribution is -2.44. The van der Waals surface area contributed by atoms with Gasteiger partial charge in [-0.1, -0.05) is 30.0 Å². The van der Waals surface area contributed by atoms with E-state index in [1.54, 1.807) is 10.9 Å². The Bertz CT molecular complexity index is 885. The lowest BCUT2D eigenvalue weighted by molar-refractivity contribution is -0.121. The summed E-state index contributed by atoms with van der Waals surface area (Å²) in [6, 6.07) is 9.82. The van der Waals surface area contributed by atoms with Crippen molar-refractivity contribution >= 4 is 28.7 Å². The molecule has 0 aliphatic rings. The Balaban J connectivity index is 1.88. The summed E-state index contributed by atoms with van der Waals surface area (Å²) in [7, 11) is 0. The summed E-state index contributed by atoms with van der Waals surface area (Å²) in [6.07, 6.45) is 3.26. The topological polar surface area (TPSA) is 72.7 Å². The second-order valence-corrected chi connectivity index (χ2v) is 8.14. The van der Waals surface area contributed by atoms with Gasteiger partial charge in [-0.05, 0) is 39.8 Å². The van der Waals surface area contributed by atoms with E-state index >= 15 is 0 Å². The summed E-state index contributed by atoms with van der Waals surface area (Å²) in [6.45, 7) is 7.78. The quantitative estimate of drug-likeness (QED) is 0.575. The van der Waals surface area contributed by atoms with E-state index in [1.807, 2.05) is 58.0 Å². The van der Waals surface area contributed by atoms with Crippen molar-refractivity contribution in [3.8, 4) is 5.69 Å². The highest BCUT2D eigenvalue weighted by atomic mass is 32.2. The predicted octanol–water partition coefficient (Wildman–Crippen LogP) is 3.21. The van der Waals surface area contributed by atoms with Crippen molar-refractivity contribution in [2.24, 2.45) is 0 Å². The van der Waals surface area contributed by atoms with Crippen LogP contribution >= 0.6 is 11.8 Å². The fourth-order valence-electron chi connectivity index (χ4n) is 2.37. The number of hydrogen-bond acceptors (Lipinski definition) is 5. The summed E-state index contributed by atoms with van der Waals surface area (Å²) in [5, 5.41) is 8.76. The monoisotopic (exact) mass is 355 g/mol. The standard InChI is InChI=1S/C18H21N5OS/c1-12(16(24)22-18(2,3)4)25-17-14-10-21-23(15(14)19-11-20-17)13-8-6-5-7-9-13/h5-12H,1-4H3,(H,22,24)/t12-/m1/s1. The van der Waals surface area contributed by atoms with Crippen molar-refractivity contribution in [3.63, 3.8) is 0 Å². The van der Waals surface area contributed by atoms with Crippen LogP contribution in [0.4, 0.5) is 0 Å². The summed E-state index contributed by atoms with van der Waals surface area (Å²) in [5.74, 6) is -0.0142. The minimum absolute atomic E-state index is 0.0142. The molecule has 7 heteroatoms. The number of carbonyl (C=O) groups is 1. The number of hydrogen-bond donors (Lipinski definition) is 1. The number of carbonyl (C=O) groups excluding carboxylic acids is 1. The second-order valence-electron chi connectivity index (χ2n) is 6.81. The maximum atomic E-state index is 12.3. The van der Waals surface area contributed by atoms with Crippen LogP contribution in [0.15, 0.2) is 47.9 Å². The molecule has 3 rings (SSSR count). The van der Waals surface area contributed by atoms with E-state index in [1.165, 1.54) is 18.1 Å². The molecule has 2 heterocycles. The molecule has 0 radical (unpaired) electrons. The normalized spacial score (nSPS) is 13.0. The van der Waals surface area contributed by atoms with E-state index < -0.39 is 0 Å². The summed E-state index contributed by atoms with van der Waals surface area (Å²) in [4.78, 5) is 21.0. The van der Waals surface area contributed by atoms with Crippen LogP contribution < -0.4 is 5.32 Å². The third-order valence-corrected chi connectivity index (χ3v) is 4.60. The zero-order valence-electron chi connectivity index (χ0n) is 14.7. The number of nitrogens with zero attached hydrogens (tertiary/aromatic N) is 4. The van der Waals surface area contributed by atoms with Gasteiger partial charge in [0.15, 0.2) is 5.65 Å². The van der Waals surface area contributed by atoms with E-state index in [0.29, 0.717) is 0 Å². The zero-order chi connectivity index (χ0) is 18.0. The van der Waals surface area contributed by atoms with Crippen LogP contribution in [0.3, 0.4) is 0 Å². The van der Waals surface area contributed by atoms with Crippen LogP contribution in [0.5, 0.6) is 0 Å². The van der Waals surface area contributed by atoms with E-state index in [2.05, 4.69) is 20.4 Å². The van der Waals surface area contributed by atoms with Crippen molar-refractivity contribution in [2.45, 2.75) is 43.5 Å². The Labute approximate surface area is 151 Å². The Morgan fingerprint density at radius 1 is 1.20 bits per heavy atom. The summed E-state index contributed by atoms with van der Waals surface area (Å²) < 4.78 is 1.78. The molecular weight excluding hydrogens is 334 g/mol. The molecule has 0 saturated heterocycles. The predicted molar refractivity (Wildman–Crippen MR) is 99.9 cm³/mol. The molecule has 2 aromatic heterocycles. The van der Waals surface area contributed by atoms with E-state index in [0.717, 1.165) is 21.7 Å². The maximum absolute atomic E-state index is 12.3. The van der Waals surface area contributed by atoms with Crippen LogP contribution in [0, 0.1) is 0 Å². The Kier molecular flexibility index (Phi) is 4.76. The van der Waals surface area contributed by atoms with Gasteiger partial charge in [-0.15, -0.1) is 0 Å². The molecule has 0 bridgehead atoms.